The van der Waals surface area contributed by atoms with Crippen LogP contribution in [0.15, 0.2) is 25.0 Å². The summed E-state index contributed by atoms with van der Waals surface area (Å²) in [6.07, 6.45) is 3.64. The van der Waals surface area contributed by atoms with Gasteiger partial charge in [-0.2, -0.15) is 0 Å². The largest absolute Gasteiger partial charge is 0.480 e. The van der Waals surface area contributed by atoms with Crippen LogP contribution < -0.4 is 85.9 Å². The standard InChI is InChI=1S/C65H108N20O18/c1-15-34(10)52(63(100)82-43(18-32(6)7)62(99)85-53(38(14)86)64(101)83-47(65(102)103)19-33(8)9)84-51(90)27-71-55(92)36(12)76-56(93)37(13)77-59(96)45(21-40-24-69-29-74-40)81-61(98)46(22-48(67)87)78-50(89)26-70-54(91)35(11)75-49(88)25-72-58(95)44(20-39-23-68-28-73-39)80-60(97)42(17-31(4)5)79-57(94)41(66)16-30(2)3/h23-24,28-38,41-47,52-53,86H,15-22,25-27,66H2,1-14H3,(H2,67,87)(H,68,73)(H,69,74)(H,70,91)(H,71,92)(H,72,95)(H,75,88)(H,76,93)(H,77,96)(H,78,89)(H,79,94)(H,80,97)(H,81,98)(H,82,100)(H,83,101)(H,84,90)(H,85,99)(H,102,103)/t34-,35-,36-,37-,38+,41-,42-,43-,44-,45-,46-,47-,52-,53-/m0/s1. The van der Waals surface area contributed by atoms with E-state index in [0.717, 1.165) is 0 Å². The van der Waals surface area contributed by atoms with Crippen LogP contribution in [0.3, 0.4) is 0 Å². The van der Waals surface area contributed by atoms with Crippen LogP contribution in [-0.4, -0.2) is 223 Å². The number of aliphatic hydroxyl groups is 1. The number of nitrogens with zero attached hydrogens (tertiary/aromatic N) is 2. The van der Waals surface area contributed by atoms with E-state index in [9.17, 15) is 86.9 Å². The van der Waals surface area contributed by atoms with Gasteiger partial charge in [-0.1, -0.05) is 75.7 Å². The molecule has 576 valence electrons. The van der Waals surface area contributed by atoms with Crippen molar-refractivity contribution in [2.75, 3.05) is 19.6 Å². The summed E-state index contributed by atoms with van der Waals surface area (Å²) in [4.78, 5) is 226. The van der Waals surface area contributed by atoms with Gasteiger partial charge >= 0.3 is 5.97 Å². The first-order valence-corrected chi connectivity index (χ1v) is 34.2. The molecule has 0 aliphatic heterocycles. The highest BCUT2D eigenvalue weighted by atomic mass is 16.4. The molecule has 2 aromatic heterocycles. The van der Waals surface area contributed by atoms with Crippen molar-refractivity contribution >= 4 is 94.6 Å². The molecule has 15 amide bonds. The molecule has 0 unspecified atom stereocenters. The minimum atomic E-state index is -1.76. The van der Waals surface area contributed by atoms with Crippen LogP contribution in [0.25, 0.3) is 0 Å². The molecule has 2 heterocycles. The van der Waals surface area contributed by atoms with Gasteiger partial charge in [-0.05, 0) is 83.0 Å². The normalized spacial score (nSPS) is 15.3. The molecule has 0 aliphatic rings. The zero-order valence-corrected chi connectivity index (χ0v) is 61.0. The highest BCUT2D eigenvalue weighted by Gasteiger charge is 2.37. The maximum Gasteiger partial charge on any atom is 0.326 e. The Kier molecular flexibility index (Phi) is 38.2. The number of amides is 15. The number of carboxylic acids is 1. The molecule has 0 aliphatic carbocycles. The van der Waals surface area contributed by atoms with Crippen molar-refractivity contribution in [3.63, 3.8) is 0 Å². The Morgan fingerprint density at radius 2 is 0.777 bits per heavy atom. The molecular formula is C65H108N20O18. The predicted molar refractivity (Wildman–Crippen MR) is 370 cm³/mol. The number of rotatable bonds is 46. The van der Waals surface area contributed by atoms with Gasteiger partial charge in [0.2, 0.25) is 88.6 Å². The first-order chi connectivity index (χ1) is 48.1. The summed E-state index contributed by atoms with van der Waals surface area (Å²) in [5, 5.41) is 54.2. The average molecular weight is 1460 g/mol. The van der Waals surface area contributed by atoms with Crippen LogP contribution in [-0.2, 0) is 89.6 Å². The molecule has 22 N–H and O–H groups in total. The van der Waals surface area contributed by atoms with Crippen LogP contribution in [0.2, 0.25) is 0 Å². The van der Waals surface area contributed by atoms with Gasteiger partial charge in [0.25, 0.3) is 0 Å². The predicted octanol–water partition coefficient (Wildman–Crippen LogP) is -5.44. The molecule has 0 spiro atoms. The second-order valence-corrected chi connectivity index (χ2v) is 27.2. The third kappa shape index (κ3) is 33.5. The number of primary amides is 1. The Bertz CT molecular complexity index is 3200. The highest BCUT2D eigenvalue weighted by molar-refractivity contribution is 6.00. The number of H-pyrrole nitrogens is 2. The van der Waals surface area contributed by atoms with E-state index in [-0.39, 0.29) is 55.8 Å². The quantitative estimate of drug-likeness (QED) is 0.0294. The molecule has 14 atom stereocenters. The Morgan fingerprint density at radius 1 is 0.408 bits per heavy atom. The summed E-state index contributed by atoms with van der Waals surface area (Å²) >= 11 is 0. The van der Waals surface area contributed by atoms with Crippen LogP contribution in [0.5, 0.6) is 0 Å². The van der Waals surface area contributed by atoms with E-state index in [1.54, 1.807) is 41.5 Å². The second-order valence-electron chi connectivity index (χ2n) is 27.2. The molecule has 103 heavy (non-hydrogen) atoms. The Balaban J connectivity index is 2.09. The fraction of sp³-hybridized carbons (Fsp3) is 0.662. The van der Waals surface area contributed by atoms with Crippen molar-refractivity contribution in [1.29, 1.82) is 0 Å². The zero-order valence-electron chi connectivity index (χ0n) is 61.0. The van der Waals surface area contributed by atoms with Gasteiger partial charge in [-0.3, -0.25) is 71.9 Å². The molecule has 0 fully saturated rings. The van der Waals surface area contributed by atoms with Crippen molar-refractivity contribution in [2.24, 2.45) is 41.1 Å². The maximum absolute atomic E-state index is 13.9. The molecular weight excluding hydrogens is 1350 g/mol. The van der Waals surface area contributed by atoms with Gasteiger partial charge < -0.3 is 106 Å². The second kappa shape index (κ2) is 44.3. The van der Waals surface area contributed by atoms with Crippen LogP contribution in [0.1, 0.15) is 147 Å². The molecule has 38 heteroatoms. The van der Waals surface area contributed by atoms with E-state index < -0.39 is 205 Å². The monoisotopic (exact) mass is 1460 g/mol. The number of aromatic amines is 2. The number of carboxylic acid groups (broad SMARTS) is 1. The van der Waals surface area contributed by atoms with Crippen LogP contribution in [0.4, 0.5) is 0 Å². The molecule has 0 bridgehead atoms. The topological polar surface area (TPSA) is 591 Å². The lowest BCUT2D eigenvalue weighted by molar-refractivity contribution is -0.143. The summed E-state index contributed by atoms with van der Waals surface area (Å²) in [6.45, 7) is 20.6. The van der Waals surface area contributed by atoms with E-state index in [0.29, 0.717) is 24.2 Å². The lowest BCUT2D eigenvalue weighted by atomic mass is 9.96. The third-order valence-electron chi connectivity index (χ3n) is 15.8. The number of aromatic nitrogens is 4. The van der Waals surface area contributed by atoms with E-state index >= 15 is 0 Å². The Morgan fingerprint density at radius 3 is 1.22 bits per heavy atom. The first kappa shape index (κ1) is 88.9. The third-order valence-corrected chi connectivity index (χ3v) is 15.8. The lowest BCUT2D eigenvalue weighted by Crippen LogP contribution is -2.61. The SMILES string of the molecule is CC[C@H](C)[C@H](NC(=O)CNC(=O)[C@H](C)NC(=O)[C@H](C)NC(=O)[C@H](Cc1cnc[nH]1)NC(=O)[C@H](CC(N)=O)NC(=O)CNC(=O)[C@H](C)NC(=O)CNC(=O)[C@H](Cc1cnc[nH]1)NC(=O)[C@H](CC(C)C)NC(=O)[C@@H](N)CC(C)C)C(=O)N[C@@H](CC(C)C)C(=O)N[C@H](C(=O)N[C@@H](CC(C)C)C(=O)O)[C@@H](C)O. The summed E-state index contributed by atoms with van der Waals surface area (Å²) in [5.74, 6) is -15.6. The summed E-state index contributed by atoms with van der Waals surface area (Å²) in [7, 11) is 0. The van der Waals surface area contributed by atoms with Crippen molar-refractivity contribution in [3.05, 3.63) is 36.4 Å². The summed E-state index contributed by atoms with van der Waals surface area (Å²) in [6, 6.07) is -16.2. The number of nitrogens with one attached hydrogen (secondary N) is 16. The van der Waals surface area contributed by atoms with Gasteiger partial charge in [0.1, 0.15) is 66.5 Å². The van der Waals surface area contributed by atoms with E-state index in [1.807, 2.05) is 27.7 Å². The minimum absolute atomic E-state index is 0.0306. The van der Waals surface area contributed by atoms with Gasteiger partial charge in [0.05, 0.1) is 50.9 Å². The number of nitrogens with two attached hydrogens (primary N) is 2. The van der Waals surface area contributed by atoms with Crippen molar-refractivity contribution in [1.82, 2.24) is 94.4 Å². The fourth-order valence-corrected chi connectivity index (χ4v) is 10.0. The van der Waals surface area contributed by atoms with Crippen LogP contribution in [0, 0.1) is 29.6 Å². The fourth-order valence-electron chi connectivity index (χ4n) is 10.0. The number of imidazole rings is 2. The highest BCUT2D eigenvalue weighted by Crippen LogP contribution is 2.14. The average Bonchev–Trinajstić information content (AvgIpc) is 1.57. The van der Waals surface area contributed by atoms with Gasteiger partial charge in [0, 0.05) is 36.6 Å². The molecule has 0 saturated carbocycles. The van der Waals surface area contributed by atoms with E-state index in [1.165, 1.54) is 52.7 Å². The van der Waals surface area contributed by atoms with Crippen LogP contribution >= 0.6 is 0 Å². The van der Waals surface area contributed by atoms with E-state index in [2.05, 4.69) is 94.4 Å². The Labute approximate surface area is 597 Å². The zero-order chi connectivity index (χ0) is 78.1. The molecule has 0 aromatic carbocycles. The smallest absolute Gasteiger partial charge is 0.326 e. The molecule has 38 nitrogen and oxygen atoms in total. The number of aliphatic carboxylic acids is 1. The number of hydrogen-bond donors (Lipinski definition) is 20. The van der Waals surface area contributed by atoms with Gasteiger partial charge in [-0.15, -0.1) is 0 Å². The molecule has 0 radical (unpaired) electrons. The maximum atomic E-state index is 13.9. The van der Waals surface area contributed by atoms with Crippen molar-refractivity contribution in [3.8, 4) is 0 Å². The number of aliphatic hydroxyl groups excluding tert-OH is 1. The summed E-state index contributed by atoms with van der Waals surface area (Å²) in [5.41, 5.74) is 12.2. The number of carbonyl (C=O) groups excluding carboxylic acids is 15. The summed E-state index contributed by atoms with van der Waals surface area (Å²) < 4.78 is 0. The molecule has 0 saturated heterocycles. The van der Waals surface area contributed by atoms with Crippen molar-refractivity contribution < 1.29 is 86.9 Å². The van der Waals surface area contributed by atoms with Crippen molar-refractivity contribution in [2.45, 2.75) is 227 Å². The number of hydrogen-bond acceptors (Lipinski definition) is 20. The minimum Gasteiger partial charge on any atom is -0.480 e. The molecule has 2 aromatic rings. The lowest BCUT2D eigenvalue weighted by Gasteiger charge is -2.29. The van der Waals surface area contributed by atoms with Gasteiger partial charge in [0.15, 0.2) is 0 Å². The van der Waals surface area contributed by atoms with E-state index in [4.69, 9.17) is 11.5 Å². The molecule has 2 rings (SSSR count). The van der Waals surface area contributed by atoms with Gasteiger partial charge in [-0.25, -0.2) is 14.8 Å². The Hall–Kier alpha value is -10.1. The number of carbonyl (C=O) groups is 16. The first-order valence-electron chi connectivity index (χ1n) is 34.2.